The molecule has 1 saturated heterocycles. The van der Waals surface area contributed by atoms with Crippen LogP contribution in [0.15, 0.2) is 36.7 Å². The van der Waals surface area contributed by atoms with Crippen LogP contribution >= 0.6 is 0 Å². The van der Waals surface area contributed by atoms with Crippen molar-refractivity contribution in [2.24, 2.45) is 5.92 Å². The number of hydrogen-bond donors (Lipinski definition) is 2. The monoisotopic (exact) mass is 542 g/mol. The number of amides is 3. The first kappa shape index (κ1) is 24.9. The van der Waals surface area contributed by atoms with Gasteiger partial charge in [-0.25, -0.2) is 4.39 Å². The first-order chi connectivity index (χ1) is 19.3. The molecule has 0 radical (unpaired) electrons. The predicted octanol–water partition coefficient (Wildman–Crippen LogP) is 4.09. The summed E-state index contributed by atoms with van der Waals surface area (Å²) in [5, 5.41) is 10.8. The van der Waals surface area contributed by atoms with Crippen molar-refractivity contribution < 1.29 is 18.8 Å². The first-order valence-corrected chi connectivity index (χ1v) is 14.1. The summed E-state index contributed by atoms with van der Waals surface area (Å²) in [4.78, 5) is 42.7. The average Bonchev–Trinajstić information content (AvgIpc) is 3.57. The summed E-state index contributed by atoms with van der Waals surface area (Å²) >= 11 is 0. The Bertz CT molecular complexity index is 1540. The fourth-order valence-corrected chi connectivity index (χ4v) is 6.29. The van der Waals surface area contributed by atoms with E-state index in [9.17, 15) is 18.8 Å². The van der Waals surface area contributed by atoms with Crippen LogP contribution in [0.25, 0.3) is 11.3 Å². The van der Waals surface area contributed by atoms with E-state index < -0.39 is 11.9 Å². The minimum atomic E-state index is -0.605. The number of hydrogen-bond acceptors (Lipinski definition) is 6. The maximum Gasteiger partial charge on any atom is 0.255 e. The fourth-order valence-electron chi connectivity index (χ4n) is 6.29. The number of nitrogens with zero attached hydrogens (tertiary/aromatic N) is 4. The maximum absolute atomic E-state index is 13.6. The summed E-state index contributed by atoms with van der Waals surface area (Å²) in [6.07, 6.45) is 8.29. The number of fused-ring (bicyclic) bond motifs is 1. The summed E-state index contributed by atoms with van der Waals surface area (Å²) in [5.74, 6) is -0.190. The first-order valence-electron chi connectivity index (χ1n) is 14.1. The van der Waals surface area contributed by atoms with Crippen molar-refractivity contribution in [2.75, 3.05) is 11.9 Å². The SMILES string of the molecule is Cc1cc(F)cnc1-c1cn([C@H]2C[C@H](CNc3ccc4c(c3)CN(C3CCC(=O)NC3=O)C4=O)C2)nc1C1CC1. The number of pyridine rings is 1. The molecule has 4 heterocycles. The molecular formula is C30H31FN6O3. The van der Waals surface area contributed by atoms with E-state index in [0.717, 1.165) is 66.0 Å². The summed E-state index contributed by atoms with van der Waals surface area (Å²) in [6, 6.07) is 6.99. The van der Waals surface area contributed by atoms with Crippen LogP contribution in [0.2, 0.25) is 0 Å². The number of nitrogens with one attached hydrogen (secondary N) is 2. The van der Waals surface area contributed by atoms with Gasteiger partial charge in [-0.3, -0.25) is 29.4 Å². The highest BCUT2D eigenvalue weighted by molar-refractivity contribution is 6.05. The van der Waals surface area contributed by atoms with E-state index in [-0.39, 0.29) is 24.1 Å². The molecule has 2 aliphatic carbocycles. The fraction of sp³-hybridized carbons (Fsp3) is 0.433. The Balaban J connectivity index is 0.974. The number of piperidine rings is 1. The lowest BCUT2D eigenvalue weighted by Crippen LogP contribution is -2.52. The molecule has 3 aromatic rings. The van der Waals surface area contributed by atoms with Gasteiger partial charge in [0, 0.05) is 48.4 Å². The summed E-state index contributed by atoms with van der Waals surface area (Å²) in [7, 11) is 0. The minimum absolute atomic E-state index is 0.159. The standard InChI is InChI=1S/C30H31FN6O3/c1-16-8-20(31)13-33-27(16)24-15-37(35-28(24)18-2-3-18)22-9-17(10-22)12-32-21-4-5-23-19(11-21)14-36(30(23)40)25-6-7-26(38)34-29(25)39/h4-5,8,11,13,15,17-18,22,25,32H,2-3,6-7,9-10,12,14H2,1H3,(H,34,38,39)/t17-,22-,25?. The highest BCUT2D eigenvalue weighted by atomic mass is 19.1. The van der Waals surface area contributed by atoms with Crippen molar-refractivity contribution in [2.45, 2.75) is 70.0 Å². The van der Waals surface area contributed by atoms with Gasteiger partial charge >= 0.3 is 0 Å². The third-order valence-electron chi connectivity index (χ3n) is 8.73. The van der Waals surface area contributed by atoms with Gasteiger partial charge in [-0.1, -0.05) is 0 Å². The third-order valence-corrected chi connectivity index (χ3v) is 8.73. The number of aromatic nitrogens is 3. The van der Waals surface area contributed by atoms with Gasteiger partial charge in [0.25, 0.3) is 5.91 Å². The topological polar surface area (TPSA) is 109 Å². The highest BCUT2D eigenvalue weighted by Gasteiger charge is 2.39. The number of imide groups is 1. The molecule has 2 aromatic heterocycles. The van der Waals surface area contributed by atoms with E-state index in [0.29, 0.717) is 36.4 Å². The molecule has 1 unspecified atom stereocenters. The second kappa shape index (κ2) is 9.53. The second-order valence-electron chi connectivity index (χ2n) is 11.6. The molecule has 2 aliphatic heterocycles. The van der Waals surface area contributed by atoms with Crippen molar-refractivity contribution in [3.05, 3.63) is 64.9 Å². The Morgan fingerprint density at radius 1 is 1.10 bits per heavy atom. The van der Waals surface area contributed by atoms with Crippen molar-refractivity contribution in [3.8, 4) is 11.3 Å². The largest absolute Gasteiger partial charge is 0.385 e. The van der Waals surface area contributed by atoms with Crippen molar-refractivity contribution in [3.63, 3.8) is 0 Å². The third kappa shape index (κ3) is 4.45. The molecular weight excluding hydrogens is 511 g/mol. The number of carbonyl (C=O) groups excluding carboxylic acids is 3. The Morgan fingerprint density at radius 2 is 1.93 bits per heavy atom. The predicted molar refractivity (Wildman–Crippen MR) is 145 cm³/mol. The molecule has 3 fully saturated rings. The van der Waals surface area contributed by atoms with Gasteiger partial charge in [0.15, 0.2) is 0 Å². The lowest BCUT2D eigenvalue weighted by atomic mass is 9.80. The molecule has 3 amide bonds. The second-order valence-corrected chi connectivity index (χ2v) is 11.6. The number of benzene rings is 1. The van der Waals surface area contributed by atoms with Gasteiger partial charge in [-0.15, -0.1) is 0 Å². The van der Waals surface area contributed by atoms with Crippen LogP contribution in [0.1, 0.15) is 77.7 Å². The molecule has 10 heteroatoms. The van der Waals surface area contributed by atoms with Crippen LogP contribution in [0.4, 0.5) is 10.1 Å². The molecule has 206 valence electrons. The molecule has 2 saturated carbocycles. The van der Waals surface area contributed by atoms with Gasteiger partial charge in [0.2, 0.25) is 11.8 Å². The lowest BCUT2D eigenvalue weighted by Gasteiger charge is -2.35. The van der Waals surface area contributed by atoms with Gasteiger partial charge in [0.05, 0.1) is 23.6 Å². The smallest absolute Gasteiger partial charge is 0.255 e. The Labute approximate surface area is 231 Å². The molecule has 0 bridgehead atoms. The van der Waals surface area contributed by atoms with Crippen LogP contribution < -0.4 is 10.6 Å². The zero-order chi connectivity index (χ0) is 27.5. The van der Waals surface area contributed by atoms with E-state index >= 15 is 0 Å². The van der Waals surface area contributed by atoms with Crippen LogP contribution in [-0.4, -0.2) is 50.0 Å². The Hall–Kier alpha value is -4.08. The van der Waals surface area contributed by atoms with Gasteiger partial charge < -0.3 is 10.2 Å². The summed E-state index contributed by atoms with van der Waals surface area (Å²) in [6.45, 7) is 3.09. The number of halogens is 1. The average molecular weight is 543 g/mol. The molecule has 9 nitrogen and oxygen atoms in total. The van der Waals surface area contributed by atoms with E-state index in [4.69, 9.17) is 5.10 Å². The molecule has 1 atom stereocenters. The minimum Gasteiger partial charge on any atom is -0.385 e. The van der Waals surface area contributed by atoms with Crippen LogP contribution in [-0.2, 0) is 16.1 Å². The normalized spacial score (nSPS) is 24.1. The van der Waals surface area contributed by atoms with E-state index in [2.05, 4.69) is 26.5 Å². The zero-order valence-electron chi connectivity index (χ0n) is 22.3. The Morgan fingerprint density at radius 3 is 2.67 bits per heavy atom. The molecule has 4 aliphatic rings. The molecule has 1 aromatic carbocycles. The van der Waals surface area contributed by atoms with Crippen molar-refractivity contribution >= 4 is 23.4 Å². The van der Waals surface area contributed by atoms with Crippen molar-refractivity contribution in [1.82, 2.24) is 25.0 Å². The zero-order valence-corrected chi connectivity index (χ0v) is 22.3. The maximum atomic E-state index is 13.6. The highest BCUT2D eigenvalue weighted by Crippen LogP contribution is 2.46. The van der Waals surface area contributed by atoms with Crippen molar-refractivity contribution in [1.29, 1.82) is 0 Å². The Kier molecular flexibility index (Phi) is 5.94. The molecule has 0 spiro atoms. The molecule has 7 rings (SSSR count). The van der Waals surface area contributed by atoms with Crippen LogP contribution in [0, 0.1) is 18.7 Å². The van der Waals surface area contributed by atoms with E-state index in [1.54, 1.807) is 4.90 Å². The van der Waals surface area contributed by atoms with E-state index in [1.807, 2.05) is 25.1 Å². The van der Waals surface area contributed by atoms with E-state index in [1.165, 1.54) is 12.3 Å². The summed E-state index contributed by atoms with van der Waals surface area (Å²) in [5.41, 5.74) is 6.23. The number of rotatable bonds is 7. The number of carbonyl (C=O) groups is 3. The van der Waals surface area contributed by atoms with Crippen LogP contribution in [0.3, 0.4) is 0 Å². The lowest BCUT2D eigenvalue weighted by molar-refractivity contribution is -0.136. The van der Waals surface area contributed by atoms with Crippen LogP contribution in [0.5, 0.6) is 0 Å². The molecule has 2 N–H and O–H groups in total. The quantitative estimate of drug-likeness (QED) is 0.436. The summed E-state index contributed by atoms with van der Waals surface area (Å²) < 4.78 is 15.7. The van der Waals surface area contributed by atoms with Gasteiger partial charge in [-0.2, -0.15) is 5.10 Å². The van der Waals surface area contributed by atoms with Gasteiger partial charge in [-0.05, 0) is 80.3 Å². The van der Waals surface area contributed by atoms with Gasteiger partial charge in [0.1, 0.15) is 11.9 Å². The molecule has 40 heavy (non-hydrogen) atoms. The number of aryl methyl sites for hydroxylation is 1. The number of anilines is 1.